The molecule has 0 saturated heterocycles. The highest BCUT2D eigenvalue weighted by atomic mass is 32.2. The fraction of sp³-hybridized carbons (Fsp3) is 0.350. The Morgan fingerprint density at radius 3 is 2.41 bits per heavy atom. The predicted octanol–water partition coefficient (Wildman–Crippen LogP) is 3.51. The smallest absolute Gasteiger partial charge is 0.243 e. The van der Waals surface area contributed by atoms with E-state index >= 15 is 0 Å². The molecular weight excluding hydrogens is 364 g/mol. The van der Waals surface area contributed by atoms with Crippen molar-refractivity contribution < 1.29 is 17.9 Å². The molecule has 2 aromatic carbocycles. The van der Waals surface area contributed by atoms with Crippen LogP contribution in [0.4, 0.5) is 5.69 Å². The molecule has 0 bridgehead atoms. The first-order chi connectivity index (χ1) is 13.0. The van der Waals surface area contributed by atoms with Crippen molar-refractivity contribution in [2.75, 3.05) is 25.0 Å². The summed E-state index contributed by atoms with van der Waals surface area (Å²) < 4.78 is 32.1. The van der Waals surface area contributed by atoms with E-state index in [9.17, 15) is 13.2 Å². The molecular formula is C20H26N2O4S. The first kappa shape index (κ1) is 20.9. The van der Waals surface area contributed by atoms with Crippen molar-refractivity contribution in [3.63, 3.8) is 0 Å². The van der Waals surface area contributed by atoms with Crippen molar-refractivity contribution in [1.82, 2.24) is 4.31 Å². The largest absolute Gasteiger partial charge is 0.494 e. The highest BCUT2D eigenvalue weighted by molar-refractivity contribution is 7.89. The van der Waals surface area contributed by atoms with Gasteiger partial charge in [-0.1, -0.05) is 38.1 Å². The van der Waals surface area contributed by atoms with Gasteiger partial charge in [-0.25, -0.2) is 8.42 Å². The lowest BCUT2D eigenvalue weighted by Gasteiger charge is -2.18. The number of para-hydroxylation sites is 1. The standard InChI is InChI=1S/C20H26N2O4S/c1-3-22(4-2)27(24,25)19-13-8-10-17(16-19)21-20(23)14-9-15-26-18-11-6-5-7-12-18/h5-8,10-13,16H,3-4,9,14-15H2,1-2H3,(H,21,23). The normalized spacial score (nSPS) is 11.4. The van der Waals surface area contributed by atoms with Crippen LogP contribution in [0.3, 0.4) is 0 Å². The van der Waals surface area contributed by atoms with Gasteiger partial charge in [0, 0.05) is 25.2 Å². The molecule has 0 aliphatic carbocycles. The van der Waals surface area contributed by atoms with Gasteiger partial charge in [-0.2, -0.15) is 4.31 Å². The van der Waals surface area contributed by atoms with E-state index in [2.05, 4.69) is 5.32 Å². The van der Waals surface area contributed by atoms with Gasteiger partial charge in [-0.05, 0) is 36.8 Å². The molecule has 7 heteroatoms. The van der Waals surface area contributed by atoms with Crippen molar-refractivity contribution in [1.29, 1.82) is 0 Å². The zero-order valence-electron chi connectivity index (χ0n) is 15.7. The van der Waals surface area contributed by atoms with Gasteiger partial charge in [-0.15, -0.1) is 0 Å². The summed E-state index contributed by atoms with van der Waals surface area (Å²) >= 11 is 0. The van der Waals surface area contributed by atoms with E-state index in [1.54, 1.807) is 26.0 Å². The average Bonchev–Trinajstić information content (AvgIpc) is 2.67. The zero-order chi connectivity index (χ0) is 19.7. The average molecular weight is 391 g/mol. The van der Waals surface area contributed by atoms with Crippen LogP contribution in [0, 0.1) is 0 Å². The SMILES string of the molecule is CCN(CC)S(=O)(=O)c1cccc(NC(=O)CCCOc2ccccc2)c1. The minimum atomic E-state index is -3.55. The number of rotatable bonds is 10. The van der Waals surface area contributed by atoms with Crippen LogP contribution in [0.15, 0.2) is 59.5 Å². The summed E-state index contributed by atoms with van der Waals surface area (Å²) in [5.41, 5.74) is 0.470. The molecule has 0 aromatic heterocycles. The monoisotopic (exact) mass is 390 g/mol. The highest BCUT2D eigenvalue weighted by Gasteiger charge is 2.21. The van der Waals surface area contributed by atoms with Crippen LogP contribution < -0.4 is 10.1 Å². The van der Waals surface area contributed by atoms with Crippen molar-refractivity contribution >= 4 is 21.6 Å². The molecule has 1 N–H and O–H groups in total. The molecule has 0 saturated carbocycles. The first-order valence-corrected chi connectivity index (χ1v) is 10.5. The number of hydrogen-bond acceptors (Lipinski definition) is 4. The summed E-state index contributed by atoms with van der Waals surface area (Å²) in [6.45, 7) is 4.83. The molecule has 1 amide bonds. The Morgan fingerprint density at radius 1 is 1.04 bits per heavy atom. The number of nitrogens with one attached hydrogen (secondary N) is 1. The van der Waals surface area contributed by atoms with Gasteiger partial charge >= 0.3 is 0 Å². The third kappa shape index (κ3) is 6.08. The van der Waals surface area contributed by atoms with Gasteiger partial charge in [0.1, 0.15) is 5.75 Å². The zero-order valence-corrected chi connectivity index (χ0v) is 16.5. The Bertz CT molecular complexity index is 834. The molecule has 0 radical (unpaired) electrons. The quantitative estimate of drug-likeness (QED) is 0.630. The number of nitrogens with zero attached hydrogens (tertiary/aromatic N) is 1. The van der Waals surface area contributed by atoms with E-state index < -0.39 is 10.0 Å². The molecule has 2 aromatic rings. The highest BCUT2D eigenvalue weighted by Crippen LogP contribution is 2.19. The number of carbonyl (C=O) groups excluding carboxylic acids is 1. The van der Waals surface area contributed by atoms with Crippen LogP contribution in [-0.4, -0.2) is 38.3 Å². The maximum absolute atomic E-state index is 12.6. The van der Waals surface area contributed by atoms with E-state index in [1.165, 1.54) is 16.4 Å². The summed E-state index contributed by atoms with van der Waals surface area (Å²) in [6.07, 6.45) is 0.859. The second kappa shape index (κ2) is 10.1. The molecule has 2 rings (SSSR count). The predicted molar refractivity (Wildman–Crippen MR) is 106 cm³/mol. The van der Waals surface area contributed by atoms with Gasteiger partial charge in [-0.3, -0.25) is 4.79 Å². The molecule has 146 valence electrons. The van der Waals surface area contributed by atoms with Crippen LogP contribution in [0.5, 0.6) is 5.75 Å². The van der Waals surface area contributed by atoms with Crippen LogP contribution in [0.1, 0.15) is 26.7 Å². The van der Waals surface area contributed by atoms with Crippen molar-refractivity contribution in [2.45, 2.75) is 31.6 Å². The maximum atomic E-state index is 12.6. The van der Waals surface area contributed by atoms with Gasteiger partial charge in [0.05, 0.1) is 11.5 Å². The summed E-state index contributed by atoms with van der Waals surface area (Å²) in [6, 6.07) is 15.8. The van der Waals surface area contributed by atoms with Gasteiger partial charge in [0.2, 0.25) is 15.9 Å². The number of amides is 1. The van der Waals surface area contributed by atoms with Crippen LogP contribution >= 0.6 is 0 Å². The van der Waals surface area contributed by atoms with Gasteiger partial charge in [0.25, 0.3) is 0 Å². The lowest BCUT2D eigenvalue weighted by Crippen LogP contribution is -2.30. The Labute approximate surface area is 161 Å². The molecule has 0 aliphatic rings. The number of sulfonamides is 1. The third-order valence-corrected chi connectivity index (χ3v) is 6.07. The van der Waals surface area contributed by atoms with Crippen LogP contribution in [0.2, 0.25) is 0 Å². The fourth-order valence-corrected chi connectivity index (χ4v) is 4.11. The Hall–Kier alpha value is -2.38. The third-order valence-electron chi connectivity index (χ3n) is 4.02. The number of benzene rings is 2. The molecule has 27 heavy (non-hydrogen) atoms. The van der Waals surface area contributed by atoms with Crippen molar-refractivity contribution in [3.05, 3.63) is 54.6 Å². The Kier molecular flexibility index (Phi) is 7.82. The lowest BCUT2D eigenvalue weighted by atomic mass is 10.2. The maximum Gasteiger partial charge on any atom is 0.243 e. The van der Waals surface area contributed by atoms with E-state index in [1.807, 2.05) is 30.3 Å². The molecule has 0 unspecified atom stereocenters. The minimum absolute atomic E-state index is 0.177. The second-order valence-electron chi connectivity index (χ2n) is 5.93. The van der Waals surface area contributed by atoms with Crippen LogP contribution in [0.25, 0.3) is 0 Å². The van der Waals surface area contributed by atoms with Crippen LogP contribution in [-0.2, 0) is 14.8 Å². The Morgan fingerprint density at radius 2 is 1.74 bits per heavy atom. The molecule has 0 fully saturated rings. The van der Waals surface area contributed by atoms with E-state index in [-0.39, 0.29) is 10.8 Å². The first-order valence-electron chi connectivity index (χ1n) is 9.05. The molecule has 0 atom stereocenters. The summed E-state index contributed by atoms with van der Waals surface area (Å²) in [5.74, 6) is 0.594. The number of anilines is 1. The topological polar surface area (TPSA) is 75.7 Å². The molecule has 0 aliphatic heterocycles. The minimum Gasteiger partial charge on any atom is -0.494 e. The molecule has 6 nitrogen and oxygen atoms in total. The van der Waals surface area contributed by atoms with Gasteiger partial charge < -0.3 is 10.1 Å². The van der Waals surface area contributed by atoms with Crippen molar-refractivity contribution in [3.8, 4) is 5.75 Å². The van der Waals surface area contributed by atoms with Gasteiger partial charge in [0.15, 0.2) is 0 Å². The summed E-state index contributed by atoms with van der Waals surface area (Å²) in [4.78, 5) is 12.3. The summed E-state index contributed by atoms with van der Waals surface area (Å²) in [5, 5.41) is 2.75. The lowest BCUT2D eigenvalue weighted by molar-refractivity contribution is -0.116. The van der Waals surface area contributed by atoms with E-state index in [0.717, 1.165) is 5.75 Å². The number of ether oxygens (including phenoxy) is 1. The number of carbonyl (C=O) groups is 1. The second-order valence-corrected chi connectivity index (χ2v) is 7.87. The Balaban J connectivity index is 1.89. The summed E-state index contributed by atoms with van der Waals surface area (Å²) in [7, 11) is -3.55. The van der Waals surface area contributed by atoms with Crippen molar-refractivity contribution in [2.24, 2.45) is 0 Å². The number of hydrogen-bond donors (Lipinski definition) is 1. The van der Waals surface area contributed by atoms with E-state index in [4.69, 9.17) is 4.74 Å². The fourth-order valence-electron chi connectivity index (χ4n) is 2.61. The van der Waals surface area contributed by atoms with E-state index in [0.29, 0.717) is 38.2 Å². The molecule has 0 heterocycles. The molecule has 0 spiro atoms.